The fourth-order valence-corrected chi connectivity index (χ4v) is 4.28. The first kappa shape index (κ1) is 14.8. The van der Waals surface area contributed by atoms with E-state index in [4.69, 9.17) is 4.74 Å². The van der Waals surface area contributed by atoms with E-state index in [0.29, 0.717) is 18.7 Å². The molecule has 5 nitrogen and oxygen atoms in total. The molecule has 0 unspecified atom stereocenters. The highest BCUT2D eigenvalue weighted by Crippen LogP contribution is 2.31. The van der Waals surface area contributed by atoms with E-state index in [1.165, 1.54) is 25.8 Å². The average Bonchev–Trinajstić information content (AvgIpc) is 2.98. The van der Waals surface area contributed by atoms with Gasteiger partial charge in [0.1, 0.15) is 5.75 Å². The van der Waals surface area contributed by atoms with Gasteiger partial charge in [0.2, 0.25) is 0 Å². The predicted octanol–water partition coefficient (Wildman–Crippen LogP) is 2.44. The molecule has 2 saturated heterocycles. The van der Waals surface area contributed by atoms with Crippen LogP contribution in [-0.2, 0) is 0 Å². The molecule has 0 aromatic heterocycles. The van der Waals surface area contributed by atoms with E-state index in [9.17, 15) is 4.79 Å². The minimum Gasteiger partial charge on any atom is -0.493 e. The minimum atomic E-state index is -0.0378. The number of hydrogen-bond donors (Lipinski definition) is 2. The number of urea groups is 1. The quantitative estimate of drug-likeness (QED) is 0.881. The van der Waals surface area contributed by atoms with E-state index in [0.717, 1.165) is 30.7 Å². The second-order valence-electron chi connectivity index (χ2n) is 6.84. The molecule has 124 valence electrons. The van der Waals surface area contributed by atoms with Crippen molar-refractivity contribution < 1.29 is 9.53 Å². The van der Waals surface area contributed by atoms with Crippen LogP contribution in [0, 0.1) is 0 Å². The van der Waals surface area contributed by atoms with Crippen molar-refractivity contribution in [3.05, 3.63) is 29.8 Å². The van der Waals surface area contributed by atoms with Crippen LogP contribution in [0.5, 0.6) is 5.75 Å². The molecular formula is C18H25N3O2. The molecule has 3 heterocycles. The Kier molecular flexibility index (Phi) is 4.12. The van der Waals surface area contributed by atoms with Crippen LogP contribution in [0.4, 0.5) is 4.79 Å². The second kappa shape index (κ2) is 6.40. The number of ether oxygens (including phenoxy) is 1. The Morgan fingerprint density at radius 3 is 2.96 bits per heavy atom. The van der Waals surface area contributed by atoms with Gasteiger partial charge in [0, 0.05) is 30.6 Å². The summed E-state index contributed by atoms with van der Waals surface area (Å²) in [6, 6.07) is 8.82. The van der Waals surface area contributed by atoms with Crippen molar-refractivity contribution >= 4 is 6.03 Å². The third-order valence-corrected chi connectivity index (χ3v) is 5.44. The van der Waals surface area contributed by atoms with Crippen LogP contribution in [-0.4, -0.2) is 42.7 Å². The number of carbonyl (C=O) groups is 1. The third-order valence-electron chi connectivity index (χ3n) is 5.44. The number of carbonyl (C=O) groups excluding carboxylic acids is 1. The van der Waals surface area contributed by atoms with E-state index >= 15 is 0 Å². The Labute approximate surface area is 137 Å². The van der Waals surface area contributed by atoms with Gasteiger partial charge in [0.05, 0.1) is 12.6 Å². The lowest BCUT2D eigenvalue weighted by Gasteiger charge is -2.33. The maximum absolute atomic E-state index is 12.5. The van der Waals surface area contributed by atoms with Crippen LogP contribution < -0.4 is 15.4 Å². The average molecular weight is 315 g/mol. The first-order valence-corrected chi connectivity index (χ1v) is 8.84. The number of rotatable bonds is 2. The summed E-state index contributed by atoms with van der Waals surface area (Å²) >= 11 is 0. The van der Waals surface area contributed by atoms with Gasteiger partial charge in [0.25, 0.3) is 0 Å². The summed E-state index contributed by atoms with van der Waals surface area (Å²) in [5.41, 5.74) is 1.08. The zero-order valence-electron chi connectivity index (χ0n) is 13.5. The normalized spacial score (nSPS) is 30.0. The SMILES string of the molecule is O=C(N[C@@H]1CCOc2ccccc21)N[C@@H]1CCN2CCCC[C@@H]12. The molecule has 23 heavy (non-hydrogen) atoms. The number of amides is 2. The highest BCUT2D eigenvalue weighted by molar-refractivity contribution is 5.75. The molecule has 3 aliphatic rings. The lowest BCUT2D eigenvalue weighted by Crippen LogP contribution is -2.50. The number of nitrogens with one attached hydrogen (secondary N) is 2. The molecule has 3 atom stereocenters. The highest BCUT2D eigenvalue weighted by Gasteiger charge is 2.36. The molecule has 1 aromatic carbocycles. The third kappa shape index (κ3) is 3.02. The summed E-state index contributed by atoms with van der Waals surface area (Å²) < 4.78 is 5.66. The predicted molar refractivity (Wildman–Crippen MR) is 88.6 cm³/mol. The summed E-state index contributed by atoms with van der Waals surface area (Å²) in [6.07, 6.45) is 5.70. The summed E-state index contributed by atoms with van der Waals surface area (Å²) in [5.74, 6) is 0.892. The molecule has 5 heteroatoms. The van der Waals surface area contributed by atoms with Crippen molar-refractivity contribution in [1.29, 1.82) is 0 Å². The lowest BCUT2D eigenvalue weighted by atomic mass is 9.99. The molecule has 0 radical (unpaired) electrons. The molecule has 0 spiro atoms. The number of fused-ring (bicyclic) bond motifs is 2. The van der Waals surface area contributed by atoms with Crippen LogP contribution in [0.2, 0.25) is 0 Å². The molecule has 4 rings (SSSR count). The summed E-state index contributed by atoms with van der Waals surface area (Å²) in [7, 11) is 0. The van der Waals surface area contributed by atoms with Gasteiger partial charge in [-0.25, -0.2) is 4.79 Å². The van der Waals surface area contributed by atoms with Crippen LogP contribution >= 0.6 is 0 Å². The molecule has 0 aliphatic carbocycles. The van der Waals surface area contributed by atoms with Gasteiger partial charge in [-0.15, -0.1) is 0 Å². The monoisotopic (exact) mass is 315 g/mol. The van der Waals surface area contributed by atoms with Crippen LogP contribution in [0.1, 0.15) is 43.7 Å². The molecule has 3 aliphatic heterocycles. The maximum atomic E-state index is 12.5. The van der Waals surface area contributed by atoms with Crippen LogP contribution in [0.15, 0.2) is 24.3 Å². The number of piperidine rings is 1. The maximum Gasteiger partial charge on any atom is 0.315 e. The van der Waals surface area contributed by atoms with E-state index in [2.05, 4.69) is 15.5 Å². The summed E-state index contributed by atoms with van der Waals surface area (Å²) in [4.78, 5) is 15.0. The summed E-state index contributed by atoms with van der Waals surface area (Å²) in [6.45, 7) is 2.97. The number of benzene rings is 1. The molecule has 2 fully saturated rings. The Bertz CT molecular complexity index is 577. The molecule has 2 N–H and O–H groups in total. The molecule has 1 aromatic rings. The molecular weight excluding hydrogens is 290 g/mol. The Morgan fingerprint density at radius 2 is 2.00 bits per heavy atom. The van der Waals surface area contributed by atoms with Gasteiger partial charge in [0.15, 0.2) is 0 Å². The number of para-hydroxylation sites is 1. The van der Waals surface area contributed by atoms with E-state index in [1.807, 2.05) is 24.3 Å². The summed E-state index contributed by atoms with van der Waals surface area (Å²) in [5, 5.41) is 6.37. The number of nitrogens with zero attached hydrogens (tertiary/aromatic N) is 1. The Balaban J connectivity index is 1.37. The highest BCUT2D eigenvalue weighted by atomic mass is 16.5. The first-order chi connectivity index (χ1) is 11.3. The van der Waals surface area contributed by atoms with Crippen LogP contribution in [0.25, 0.3) is 0 Å². The van der Waals surface area contributed by atoms with Crippen LogP contribution in [0.3, 0.4) is 0 Å². The lowest BCUT2D eigenvalue weighted by molar-refractivity contribution is 0.177. The van der Waals surface area contributed by atoms with Gasteiger partial charge in [-0.2, -0.15) is 0 Å². The largest absolute Gasteiger partial charge is 0.493 e. The smallest absolute Gasteiger partial charge is 0.315 e. The van der Waals surface area contributed by atoms with Crippen molar-refractivity contribution in [2.75, 3.05) is 19.7 Å². The Hall–Kier alpha value is -1.75. The van der Waals surface area contributed by atoms with Gasteiger partial charge >= 0.3 is 6.03 Å². The van der Waals surface area contributed by atoms with E-state index in [1.54, 1.807) is 0 Å². The fourth-order valence-electron chi connectivity index (χ4n) is 4.28. The van der Waals surface area contributed by atoms with Gasteiger partial charge in [-0.05, 0) is 31.9 Å². The van der Waals surface area contributed by atoms with Crippen molar-refractivity contribution in [3.8, 4) is 5.75 Å². The van der Waals surface area contributed by atoms with Gasteiger partial charge in [-0.1, -0.05) is 24.6 Å². The topological polar surface area (TPSA) is 53.6 Å². The van der Waals surface area contributed by atoms with Crippen molar-refractivity contribution in [1.82, 2.24) is 15.5 Å². The second-order valence-corrected chi connectivity index (χ2v) is 6.84. The standard InChI is InChI=1S/C18H25N3O2/c22-18(20-15-8-11-21-10-4-3-6-16(15)21)19-14-9-12-23-17-7-2-1-5-13(14)17/h1-2,5,7,14-16H,3-4,6,8-12H2,(H2,19,20,22)/t14-,15-,16+/m1/s1. The van der Waals surface area contributed by atoms with E-state index < -0.39 is 0 Å². The fraction of sp³-hybridized carbons (Fsp3) is 0.611. The minimum absolute atomic E-state index is 0.0378. The van der Waals surface area contributed by atoms with Crippen molar-refractivity contribution in [2.45, 2.75) is 50.2 Å². The van der Waals surface area contributed by atoms with E-state index in [-0.39, 0.29) is 12.1 Å². The zero-order chi connectivity index (χ0) is 15.6. The van der Waals surface area contributed by atoms with Crippen molar-refractivity contribution in [2.24, 2.45) is 0 Å². The first-order valence-electron chi connectivity index (χ1n) is 8.84. The van der Waals surface area contributed by atoms with Gasteiger partial charge < -0.3 is 15.4 Å². The molecule has 0 saturated carbocycles. The molecule has 2 amide bonds. The van der Waals surface area contributed by atoms with Crippen molar-refractivity contribution in [3.63, 3.8) is 0 Å². The Morgan fingerprint density at radius 1 is 1.09 bits per heavy atom. The zero-order valence-corrected chi connectivity index (χ0v) is 13.5. The molecule has 0 bridgehead atoms. The number of hydrogen-bond acceptors (Lipinski definition) is 3. The van der Waals surface area contributed by atoms with Gasteiger partial charge in [-0.3, -0.25) is 4.90 Å².